The third kappa shape index (κ3) is 3.53. The van der Waals surface area contributed by atoms with E-state index in [9.17, 15) is 4.79 Å². The number of carbonyl (C=O) groups excluding carboxylic acids is 1. The Morgan fingerprint density at radius 3 is 2.81 bits per heavy atom. The summed E-state index contributed by atoms with van der Waals surface area (Å²) in [6, 6.07) is 3.98. The Bertz CT molecular complexity index is 363. The minimum atomic E-state index is 0.0866. The maximum atomic E-state index is 11.5. The molecule has 16 heavy (non-hydrogen) atoms. The Morgan fingerprint density at radius 1 is 1.56 bits per heavy atom. The van der Waals surface area contributed by atoms with Gasteiger partial charge in [0.15, 0.2) is 0 Å². The summed E-state index contributed by atoms with van der Waals surface area (Å²) in [6.07, 6.45) is 2.22. The summed E-state index contributed by atoms with van der Waals surface area (Å²) in [5, 5.41) is 3.24. The number of nitrogens with one attached hydrogen (secondary N) is 1. The summed E-state index contributed by atoms with van der Waals surface area (Å²) in [7, 11) is 3.53. The van der Waals surface area contributed by atoms with Gasteiger partial charge in [0, 0.05) is 32.8 Å². The van der Waals surface area contributed by atoms with Crippen molar-refractivity contribution in [2.24, 2.45) is 0 Å². The van der Waals surface area contributed by atoms with Crippen molar-refractivity contribution >= 4 is 11.7 Å². The highest BCUT2D eigenvalue weighted by molar-refractivity contribution is 5.76. The summed E-state index contributed by atoms with van der Waals surface area (Å²) in [5.41, 5.74) is 1.09. The van der Waals surface area contributed by atoms with E-state index in [0.717, 1.165) is 11.4 Å². The van der Waals surface area contributed by atoms with Crippen LogP contribution < -0.4 is 5.32 Å². The second-order valence-electron chi connectivity index (χ2n) is 4.21. The largest absolute Gasteiger partial charge is 0.367 e. The molecule has 0 fully saturated rings. The van der Waals surface area contributed by atoms with Crippen molar-refractivity contribution in [1.29, 1.82) is 0 Å². The maximum Gasteiger partial charge on any atom is 0.224 e. The van der Waals surface area contributed by atoms with Gasteiger partial charge in [-0.25, -0.2) is 4.98 Å². The molecule has 88 valence electrons. The molecule has 1 heterocycles. The van der Waals surface area contributed by atoms with Gasteiger partial charge in [0.2, 0.25) is 5.91 Å². The number of hydrogen-bond acceptors (Lipinski definition) is 3. The number of hydrogen-bond donors (Lipinski definition) is 1. The van der Waals surface area contributed by atoms with Gasteiger partial charge in [0.25, 0.3) is 0 Å². The molecule has 1 unspecified atom stereocenters. The zero-order valence-corrected chi connectivity index (χ0v) is 10.3. The molecule has 0 aliphatic rings. The number of amides is 1. The first-order valence-corrected chi connectivity index (χ1v) is 5.39. The molecule has 1 aromatic heterocycles. The molecule has 0 bridgehead atoms. The molecule has 4 heteroatoms. The highest BCUT2D eigenvalue weighted by atomic mass is 16.2. The highest BCUT2D eigenvalue weighted by Gasteiger charge is 2.11. The van der Waals surface area contributed by atoms with Gasteiger partial charge in [-0.15, -0.1) is 0 Å². The van der Waals surface area contributed by atoms with Crippen LogP contribution in [0.15, 0.2) is 18.3 Å². The van der Waals surface area contributed by atoms with E-state index in [-0.39, 0.29) is 11.9 Å². The molecule has 0 aliphatic carbocycles. The molecule has 0 aromatic carbocycles. The monoisotopic (exact) mass is 221 g/mol. The topological polar surface area (TPSA) is 45.2 Å². The highest BCUT2D eigenvalue weighted by Crippen LogP contribution is 2.11. The fourth-order valence-corrected chi connectivity index (χ4v) is 1.37. The minimum absolute atomic E-state index is 0.0866. The zero-order chi connectivity index (χ0) is 12.1. The lowest BCUT2D eigenvalue weighted by Crippen LogP contribution is -2.29. The Morgan fingerprint density at radius 2 is 2.25 bits per heavy atom. The van der Waals surface area contributed by atoms with Crippen LogP contribution in [0.3, 0.4) is 0 Å². The summed E-state index contributed by atoms with van der Waals surface area (Å²) in [5.74, 6) is 0.968. The standard InChI is InChI=1S/C12H19N3O/c1-9-6-5-7-13-12(9)14-10(2)8-11(16)15(3)4/h5-7,10H,8H2,1-4H3,(H,13,14). The third-order valence-electron chi connectivity index (χ3n) is 2.37. The number of aromatic nitrogens is 1. The first-order chi connectivity index (χ1) is 7.50. The van der Waals surface area contributed by atoms with Crippen molar-refractivity contribution in [1.82, 2.24) is 9.88 Å². The SMILES string of the molecule is Cc1cccnc1NC(C)CC(=O)N(C)C. The fraction of sp³-hybridized carbons (Fsp3) is 0.500. The van der Waals surface area contributed by atoms with E-state index in [2.05, 4.69) is 10.3 Å². The van der Waals surface area contributed by atoms with E-state index in [0.29, 0.717) is 6.42 Å². The van der Waals surface area contributed by atoms with E-state index >= 15 is 0 Å². The predicted octanol–water partition coefficient (Wildman–Crippen LogP) is 1.67. The summed E-state index contributed by atoms with van der Waals surface area (Å²) < 4.78 is 0. The number of aryl methyl sites for hydroxylation is 1. The first kappa shape index (κ1) is 12.5. The molecule has 1 atom stereocenters. The average molecular weight is 221 g/mol. The molecule has 0 saturated heterocycles. The summed E-state index contributed by atoms with van der Waals surface area (Å²) in [6.45, 7) is 3.98. The predicted molar refractivity (Wildman–Crippen MR) is 65.4 cm³/mol. The van der Waals surface area contributed by atoms with Gasteiger partial charge in [-0.2, -0.15) is 0 Å². The lowest BCUT2D eigenvalue weighted by atomic mass is 10.2. The van der Waals surface area contributed by atoms with Crippen molar-refractivity contribution in [3.05, 3.63) is 23.9 Å². The second kappa shape index (κ2) is 5.49. The average Bonchev–Trinajstić information content (AvgIpc) is 2.21. The maximum absolute atomic E-state index is 11.5. The van der Waals surface area contributed by atoms with Crippen LogP contribution >= 0.6 is 0 Å². The van der Waals surface area contributed by atoms with E-state index in [1.807, 2.05) is 26.0 Å². The Balaban J connectivity index is 2.55. The second-order valence-corrected chi connectivity index (χ2v) is 4.21. The molecule has 0 aliphatic heterocycles. The van der Waals surface area contributed by atoms with Crippen molar-refractivity contribution in [3.63, 3.8) is 0 Å². The van der Waals surface area contributed by atoms with Crippen LogP contribution in [0.2, 0.25) is 0 Å². The smallest absolute Gasteiger partial charge is 0.224 e. The van der Waals surface area contributed by atoms with Gasteiger partial charge in [-0.1, -0.05) is 6.07 Å². The molecule has 1 N–H and O–H groups in total. The van der Waals surface area contributed by atoms with Crippen molar-refractivity contribution in [2.75, 3.05) is 19.4 Å². The van der Waals surface area contributed by atoms with E-state index in [4.69, 9.17) is 0 Å². The van der Waals surface area contributed by atoms with E-state index in [1.165, 1.54) is 0 Å². The molecule has 0 spiro atoms. The van der Waals surface area contributed by atoms with Crippen LogP contribution in [0.1, 0.15) is 18.9 Å². The van der Waals surface area contributed by atoms with E-state index in [1.54, 1.807) is 25.2 Å². The summed E-state index contributed by atoms with van der Waals surface area (Å²) in [4.78, 5) is 17.3. The number of pyridine rings is 1. The quantitative estimate of drug-likeness (QED) is 0.841. The molecule has 0 radical (unpaired) electrons. The van der Waals surface area contributed by atoms with Gasteiger partial charge < -0.3 is 10.2 Å². The van der Waals surface area contributed by atoms with Gasteiger partial charge in [0.1, 0.15) is 5.82 Å². The van der Waals surface area contributed by atoms with Gasteiger partial charge in [-0.05, 0) is 25.5 Å². The molecule has 1 rings (SSSR count). The molecule has 0 saturated carbocycles. The minimum Gasteiger partial charge on any atom is -0.367 e. The number of nitrogens with zero attached hydrogens (tertiary/aromatic N) is 2. The fourth-order valence-electron chi connectivity index (χ4n) is 1.37. The summed E-state index contributed by atoms with van der Waals surface area (Å²) >= 11 is 0. The molecular formula is C12H19N3O. The van der Waals surface area contributed by atoms with Gasteiger partial charge in [-0.3, -0.25) is 4.79 Å². The normalized spacial score (nSPS) is 12.0. The Hall–Kier alpha value is -1.58. The number of anilines is 1. The van der Waals surface area contributed by atoms with Crippen molar-refractivity contribution in [2.45, 2.75) is 26.3 Å². The van der Waals surface area contributed by atoms with E-state index < -0.39 is 0 Å². The molecule has 4 nitrogen and oxygen atoms in total. The molecule has 1 amide bonds. The molecular weight excluding hydrogens is 202 g/mol. The number of rotatable bonds is 4. The van der Waals surface area contributed by atoms with Crippen LogP contribution in [0.25, 0.3) is 0 Å². The van der Waals surface area contributed by atoms with Crippen LogP contribution in [-0.2, 0) is 4.79 Å². The molecule has 1 aromatic rings. The van der Waals surface area contributed by atoms with Crippen LogP contribution in [0.5, 0.6) is 0 Å². The van der Waals surface area contributed by atoms with Gasteiger partial charge in [0.05, 0.1) is 0 Å². The lowest BCUT2D eigenvalue weighted by Gasteiger charge is -2.17. The first-order valence-electron chi connectivity index (χ1n) is 5.39. The Labute approximate surface area is 96.7 Å². The third-order valence-corrected chi connectivity index (χ3v) is 2.37. The Kier molecular flexibility index (Phi) is 4.28. The van der Waals surface area contributed by atoms with Crippen molar-refractivity contribution < 1.29 is 4.79 Å². The van der Waals surface area contributed by atoms with Crippen LogP contribution in [-0.4, -0.2) is 35.9 Å². The lowest BCUT2D eigenvalue weighted by molar-refractivity contribution is -0.128. The van der Waals surface area contributed by atoms with Crippen LogP contribution in [0.4, 0.5) is 5.82 Å². The zero-order valence-electron chi connectivity index (χ0n) is 10.3. The number of carbonyl (C=O) groups is 1. The van der Waals surface area contributed by atoms with Crippen molar-refractivity contribution in [3.8, 4) is 0 Å². The van der Waals surface area contributed by atoms with Crippen LogP contribution in [0, 0.1) is 6.92 Å². The van der Waals surface area contributed by atoms with Gasteiger partial charge >= 0.3 is 0 Å².